The fourth-order valence-electron chi connectivity index (χ4n) is 2.08. The van der Waals surface area contributed by atoms with E-state index < -0.39 is 0 Å². The highest BCUT2D eigenvalue weighted by Crippen LogP contribution is 2.26. The van der Waals surface area contributed by atoms with Gasteiger partial charge < -0.3 is 9.64 Å². The molecule has 0 spiro atoms. The van der Waals surface area contributed by atoms with Crippen molar-refractivity contribution in [1.82, 2.24) is 15.0 Å². The highest BCUT2D eigenvalue weighted by atomic mass is 32.1. The van der Waals surface area contributed by atoms with Gasteiger partial charge in [-0.05, 0) is 19.4 Å². The van der Waals surface area contributed by atoms with Gasteiger partial charge in [-0.25, -0.2) is 15.0 Å². The molecule has 100 valence electrons. The molecule has 0 amide bonds. The Hall–Kier alpha value is -1.69. The molecule has 1 fully saturated rings. The van der Waals surface area contributed by atoms with Crippen molar-refractivity contribution < 1.29 is 4.74 Å². The molecule has 6 heteroatoms. The quantitative estimate of drug-likeness (QED) is 0.860. The molecule has 1 aliphatic rings. The third kappa shape index (κ3) is 2.84. The van der Waals surface area contributed by atoms with Crippen LogP contribution in [0.4, 0.5) is 5.13 Å². The average Bonchev–Trinajstić information content (AvgIpc) is 3.01. The van der Waals surface area contributed by atoms with Gasteiger partial charge in [-0.15, -0.1) is 11.3 Å². The van der Waals surface area contributed by atoms with Gasteiger partial charge in [0.1, 0.15) is 6.10 Å². The molecule has 0 bridgehead atoms. The summed E-state index contributed by atoms with van der Waals surface area (Å²) in [4.78, 5) is 16.3. The number of ether oxygens (including phenoxy) is 1. The van der Waals surface area contributed by atoms with E-state index >= 15 is 0 Å². The lowest BCUT2D eigenvalue weighted by Crippen LogP contribution is -2.24. The Kier molecular flexibility index (Phi) is 3.33. The van der Waals surface area contributed by atoms with Crippen LogP contribution in [0.5, 0.6) is 6.01 Å². The van der Waals surface area contributed by atoms with Crippen LogP contribution in [-0.2, 0) is 0 Å². The minimum atomic E-state index is 0.145. The first-order chi connectivity index (χ1) is 9.20. The molecule has 1 aliphatic heterocycles. The predicted octanol–water partition coefficient (Wildman–Crippen LogP) is 2.21. The van der Waals surface area contributed by atoms with E-state index in [1.165, 1.54) is 4.88 Å². The molecule has 1 atom stereocenters. The second-order valence-electron chi connectivity index (χ2n) is 4.77. The van der Waals surface area contributed by atoms with Crippen LogP contribution in [0.15, 0.2) is 18.6 Å². The molecule has 3 heterocycles. The highest BCUT2D eigenvalue weighted by Gasteiger charge is 2.26. The number of thiazole rings is 1. The minimum Gasteiger partial charge on any atom is -0.458 e. The van der Waals surface area contributed by atoms with E-state index in [4.69, 9.17) is 4.74 Å². The number of aryl methyl sites for hydroxylation is 2. The molecular formula is C13H16N4OS. The van der Waals surface area contributed by atoms with Gasteiger partial charge >= 0.3 is 6.01 Å². The summed E-state index contributed by atoms with van der Waals surface area (Å²) in [5.74, 6) is 0. The molecule has 1 unspecified atom stereocenters. The summed E-state index contributed by atoms with van der Waals surface area (Å²) in [5, 5.41) is 1.08. The summed E-state index contributed by atoms with van der Waals surface area (Å²) in [6.45, 7) is 5.87. The fourth-order valence-corrected chi connectivity index (χ4v) is 2.87. The van der Waals surface area contributed by atoms with Crippen LogP contribution >= 0.6 is 11.3 Å². The Bertz CT molecular complexity index is 554. The monoisotopic (exact) mass is 276 g/mol. The van der Waals surface area contributed by atoms with E-state index in [1.54, 1.807) is 23.7 Å². The lowest BCUT2D eigenvalue weighted by Gasteiger charge is -2.15. The zero-order chi connectivity index (χ0) is 13.2. The Labute approximate surface area is 116 Å². The molecule has 19 heavy (non-hydrogen) atoms. The second-order valence-corrected chi connectivity index (χ2v) is 5.98. The van der Waals surface area contributed by atoms with Crippen LogP contribution in [0.1, 0.15) is 16.9 Å². The Morgan fingerprint density at radius 3 is 2.68 bits per heavy atom. The van der Waals surface area contributed by atoms with Crippen LogP contribution in [0.2, 0.25) is 0 Å². The van der Waals surface area contributed by atoms with Crippen LogP contribution < -0.4 is 9.64 Å². The molecule has 0 radical (unpaired) electrons. The highest BCUT2D eigenvalue weighted by molar-refractivity contribution is 7.15. The SMILES string of the molecule is Cc1cnc(OC2CCN(c3ncc(C)s3)C2)nc1. The van der Waals surface area contributed by atoms with Crippen LogP contribution in [0.3, 0.4) is 0 Å². The molecular weight excluding hydrogens is 260 g/mol. The first-order valence-electron chi connectivity index (χ1n) is 6.33. The van der Waals surface area contributed by atoms with Crippen molar-refractivity contribution in [2.24, 2.45) is 0 Å². The zero-order valence-electron chi connectivity index (χ0n) is 11.0. The third-order valence-electron chi connectivity index (χ3n) is 3.05. The van der Waals surface area contributed by atoms with E-state index in [0.717, 1.165) is 30.2 Å². The molecule has 3 rings (SSSR count). The summed E-state index contributed by atoms with van der Waals surface area (Å²) in [6, 6.07) is 0.466. The number of hydrogen-bond acceptors (Lipinski definition) is 6. The lowest BCUT2D eigenvalue weighted by molar-refractivity contribution is 0.206. The van der Waals surface area contributed by atoms with Crippen molar-refractivity contribution in [3.63, 3.8) is 0 Å². The summed E-state index contributed by atoms with van der Waals surface area (Å²) in [5.41, 5.74) is 1.04. The summed E-state index contributed by atoms with van der Waals surface area (Å²) >= 11 is 1.72. The number of rotatable bonds is 3. The second kappa shape index (κ2) is 5.13. The van der Waals surface area contributed by atoms with Crippen molar-refractivity contribution in [1.29, 1.82) is 0 Å². The van der Waals surface area contributed by atoms with E-state index in [-0.39, 0.29) is 6.10 Å². The molecule has 2 aromatic heterocycles. The average molecular weight is 276 g/mol. The molecule has 0 aliphatic carbocycles. The largest absolute Gasteiger partial charge is 0.458 e. The zero-order valence-corrected chi connectivity index (χ0v) is 11.9. The topological polar surface area (TPSA) is 51.1 Å². The number of hydrogen-bond donors (Lipinski definition) is 0. The lowest BCUT2D eigenvalue weighted by atomic mass is 10.3. The van der Waals surface area contributed by atoms with Crippen LogP contribution in [-0.4, -0.2) is 34.1 Å². The smallest absolute Gasteiger partial charge is 0.316 e. The number of aromatic nitrogens is 3. The summed E-state index contributed by atoms with van der Waals surface area (Å²) in [7, 11) is 0. The normalized spacial score (nSPS) is 18.8. The van der Waals surface area contributed by atoms with Crippen molar-refractivity contribution in [3.05, 3.63) is 29.0 Å². The van der Waals surface area contributed by atoms with Crippen molar-refractivity contribution in [2.45, 2.75) is 26.4 Å². The predicted molar refractivity (Wildman–Crippen MR) is 74.9 cm³/mol. The maximum atomic E-state index is 5.80. The van der Waals surface area contributed by atoms with Gasteiger partial charge in [-0.2, -0.15) is 0 Å². The van der Waals surface area contributed by atoms with E-state index in [1.807, 2.05) is 13.1 Å². The molecule has 5 nitrogen and oxygen atoms in total. The van der Waals surface area contributed by atoms with Crippen molar-refractivity contribution in [3.8, 4) is 6.01 Å². The Morgan fingerprint density at radius 2 is 2.00 bits per heavy atom. The maximum Gasteiger partial charge on any atom is 0.316 e. The van der Waals surface area contributed by atoms with Crippen LogP contribution in [0, 0.1) is 13.8 Å². The molecule has 0 saturated carbocycles. The van der Waals surface area contributed by atoms with Gasteiger partial charge in [-0.1, -0.05) is 0 Å². The van der Waals surface area contributed by atoms with Gasteiger partial charge in [-0.3, -0.25) is 0 Å². The van der Waals surface area contributed by atoms with E-state index in [2.05, 4.69) is 26.8 Å². The Morgan fingerprint density at radius 1 is 1.21 bits per heavy atom. The number of nitrogens with zero attached hydrogens (tertiary/aromatic N) is 4. The summed E-state index contributed by atoms with van der Waals surface area (Å²) < 4.78 is 5.80. The maximum absolute atomic E-state index is 5.80. The van der Waals surface area contributed by atoms with Gasteiger partial charge in [0.15, 0.2) is 5.13 Å². The Balaban J connectivity index is 1.61. The van der Waals surface area contributed by atoms with Gasteiger partial charge in [0.05, 0.1) is 6.54 Å². The third-order valence-corrected chi connectivity index (χ3v) is 4.03. The van der Waals surface area contributed by atoms with Crippen molar-refractivity contribution in [2.75, 3.05) is 18.0 Å². The van der Waals surface area contributed by atoms with E-state index in [0.29, 0.717) is 6.01 Å². The first-order valence-corrected chi connectivity index (χ1v) is 7.15. The number of anilines is 1. The molecule has 2 aromatic rings. The molecule has 0 aromatic carbocycles. The molecule has 0 N–H and O–H groups in total. The van der Waals surface area contributed by atoms with Crippen molar-refractivity contribution >= 4 is 16.5 Å². The summed E-state index contributed by atoms with van der Waals surface area (Å²) in [6.07, 6.45) is 6.60. The standard InChI is InChI=1S/C13H16N4OS/c1-9-5-14-12(15-6-9)18-11-3-4-17(8-11)13-16-7-10(2)19-13/h5-7,11H,3-4,8H2,1-2H3. The molecule has 1 saturated heterocycles. The van der Waals surface area contributed by atoms with Gasteiger partial charge in [0, 0.05) is 36.4 Å². The van der Waals surface area contributed by atoms with Gasteiger partial charge in [0.2, 0.25) is 0 Å². The van der Waals surface area contributed by atoms with E-state index in [9.17, 15) is 0 Å². The fraction of sp³-hybridized carbons (Fsp3) is 0.462. The first kappa shape index (κ1) is 12.3. The van der Waals surface area contributed by atoms with Crippen LogP contribution in [0.25, 0.3) is 0 Å². The minimum absolute atomic E-state index is 0.145. The van der Waals surface area contributed by atoms with Gasteiger partial charge in [0.25, 0.3) is 0 Å².